The van der Waals surface area contributed by atoms with Crippen molar-refractivity contribution in [3.8, 4) is 0 Å². The number of likely N-dealkylation sites (tertiary alicyclic amines) is 1. The Bertz CT molecular complexity index is 240. The molecule has 1 heterocycles. The van der Waals surface area contributed by atoms with E-state index in [2.05, 4.69) is 6.92 Å². The van der Waals surface area contributed by atoms with Crippen LogP contribution in [0.2, 0.25) is 0 Å². The maximum atomic E-state index is 12.0. The minimum atomic E-state index is -0.826. The van der Waals surface area contributed by atoms with Crippen LogP contribution in [0.4, 0.5) is 4.79 Å². The van der Waals surface area contributed by atoms with Crippen LogP contribution in [-0.4, -0.2) is 53.2 Å². The predicted molar refractivity (Wildman–Crippen MR) is 64.3 cm³/mol. The van der Waals surface area contributed by atoms with E-state index in [9.17, 15) is 9.90 Å². The highest BCUT2D eigenvalue weighted by Crippen LogP contribution is 2.17. The first-order valence-electron chi connectivity index (χ1n) is 6.02. The highest BCUT2D eigenvalue weighted by molar-refractivity contribution is 5.74. The summed E-state index contributed by atoms with van der Waals surface area (Å²) in [6, 6.07) is 0.0361. The van der Waals surface area contributed by atoms with Gasteiger partial charge in [0.15, 0.2) is 0 Å². The first kappa shape index (κ1) is 13.3. The van der Waals surface area contributed by atoms with Gasteiger partial charge in [0.05, 0.1) is 12.1 Å². The van der Waals surface area contributed by atoms with E-state index in [4.69, 9.17) is 0 Å². The Morgan fingerprint density at radius 2 is 1.94 bits per heavy atom. The van der Waals surface area contributed by atoms with Crippen molar-refractivity contribution in [3.63, 3.8) is 0 Å². The third kappa shape index (κ3) is 4.00. The second kappa shape index (κ2) is 5.04. The lowest BCUT2D eigenvalue weighted by molar-refractivity contribution is 0.0452. The first-order valence-corrected chi connectivity index (χ1v) is 6.02. The molecule has 1 aliphatic rings. The zero-order chi connectivity index (χ0) is 12.3. The van der Waals surface area contributed by atoms with Crippen LogP contribution < -0.4 is 0 Å². The molecule has 1 rings (SSSR count). The molecule has 0 aromatic rings. The van der Waals surface area contributed by atoms with E-state index < -0.39 is 5.60 Å². The fourth-order valence-electron chi connectivity index (χ4n) is 2.09. The largest absolute Gasteiger partial charge is 0.389 e. The van der Waals surface area contributed by atoms with Crippen molar-refractivity contribution in [2.24, 2.45) is 5.92 Å². The lowest BCUT2D eigenvalue weighted by Gasteiger charge is -2.35. The molecule has 4 nitrogen and oxygen atoms in total. The van der Waals surface area contributed by atoms with Gasteiger partial charge in [-0.3, -0.25) is 0 Å². The van der Waals surface area contributed by atoms with E-state index >= 15 is 0 Å². The lowest BCUT2D eigenvalue weighted by Crippen LogP contribution is -2.48. The van der Waals surface area contributed by atoms with Crippen molar-refractivity contribution in [1.82, 2.24) is 9.80 Å². The summed E-state index contributed by atoms with van der Waals surface area (Å²) in [6.45, 7) is 7.72. The molecule has 0 unspecified atom stereocenters. The third-order valence-electron chi connectivity index (χ3n) is 3.00. The molecule has 0 atom stereocenters. The maximum absolute atomic E-state index is 12.0. The van der Waals surface area contributed by atoms with Crippen LogP contribution in [0.1, 0.15) is 33.6 Å². The van der Waals surface area contributed by atoms with Crippen LogP contribution in [-0.2, 0) is 0 Å². The fraction of sp³-hybridized carbons (Fsp3) is 0.917. The van der Waals surface area contributed by atoms with E-state index in [-0.39, 0.29) is 6.03 Å². The minimum absolute atomic E-state index is 0.0361. The summed E-state index contributed by atoms with van der Waals surface area (Å²) in [6.07, 6.45) is 2.17. The van der Waals surface area contributed by atoms with Crippen molar-refractivity contribution in [2.75, 3.05) is 26.7 Å². The van der Waals surface area contributed by atoms with Gasteiger partial charge in [-0.25, -0.2) is 4.79 Å². The molecule has 1 aliphatic heterocycles. The minimum Gasteiger partial charge on any atom is -0.389 e. The van der Waals surface area contributed by atoms with E-state index in [0.717, 1.165) is 31.8 Å². The van der Waals surface area contributed by atoms with Gasteiger partial charge >= 0.3 is 6.03 Å². The number of likely N-dealkylation sites (N-methyl/N-ethyl adjacent to an activating group) is 1. The van der Waals surface area contributed by atoms with Crippen LogP contribution in [0, 0.1) is 5.92 Å². The predicted octanol–water partition coefficient (Wildman–Crippen LogP) is 1.54. The molecule has 2 amide bonds. The monoisotopic (exact) mass is 228 g/mol. The van der Waals surface area contributed by atoms with Gasteiger partial charge in [0.2, 0.25) is 0 Å². The van der Waals surface area contributed by atoms with Crippen molar-refractivity contribution < 1.29 is 9.90 Å². The molecular formula is C12H24N2O2. The number of aliphatic hydroxyl groups is 1. The Morgan fingerprint density at radius 1 is 1.44 bits per heavy atom. The molecule has 16 heavy (non-hydrogen) atoms. The zero-order valence-electron chi connectivity index (χ0n) is 10.9. The van der Waals surface area contributed by atoms with Gasteiger partial charge in [-0.15, -0.1) is 0 Å². The average molecular weight is 228 g/mol. The van der Waals surface area contributed by atoms with Gasteiger partial charge in [-0.2, -0.15) is 0 Å². The summed E-state index contributed by atoms with van der Waals surface area (Å²) in [5, 5.41) is 9.66. The van der Waals surface area contributed by atoms with Gasteiger partial charge < -0.3 is 14.9 Å². The number of piperidine rings is 1. The number of carbonyl (C=O) groups is 1. The van der Waals surface area contributed by atoms with Gasteiger partial charge in [0.1, 0.15) is 0 Å². The molecule has 1 fully saturated rings. The molecule has 1 saturated heterocycles. The van der Waals surface area contributed by atoms with Gasteiger partial charge in [0, 0.05) is 20.1 Å². The molecule has 0 aliphatic carbocycles. The summed E-state index contributed by atoms with van der Waals surface area (Å²) in [5.41, 5.74) is -0.826. The summed E-state index contributed by atoms with van der Waals surface area (Å²) >= 11 is 0. The van der Waals surface area contributed by atoms with Gasteiger partial charge in [-0.05, 0) is 32.6 Å². The smallest absolute Gasteiger partial charge is 0.319 e. The standard InChI is InChI=1S/C12H24N2O2/c1-10-5-7-14(8-6-10)11(15)13(4)9-12(2,3)16/h10,16H,5-9H2,1-4H3. The third-order valence-corrected chi connectivity index (χ3v) is 3.00. The van der Waals surface area contributed by atoms with E-state index in [1.54, 1.807) is 25.8 Å². The number of nitrogens with zero attached hydrogens (tertiary/aromatic N) is 2. The Labute approximate surface area is 98.2 Å². The molecule has 0 spiro atoms. The van der Waals surface area contributed by atoms with Crippen LogP contribution in [0.25, 0.3) is 0 Å². The van der Waals surface area contributed by atoms with Crippen LogP contribution >= 0.6 is 0 Å². The number of rotatable bonds is 2. The van der Waals surface area contributed by atoms with Crippen molar-refractivity contribution in [1.29, 1.82) is 0 Å². The molecule has 94 valence electrons. The molecule has 0 aromatic carbocycles. The van der Waals surface area contributed by atoms with Gasteiger partial charge in [0.25, 0.3) is 0 Å². The van der Waals surface area contributed by atoms with Crippen LogP contribution in [0.3, 0.4) is 0 Å². The summed E-state index contributed by atoms with van der Waals surface area (Å²) < 4.78 is 0. The zero-order valence-corrected chi connectivity index (χ0v) is 10.9. The topological polar surface area (TPSA) is 43.8 Å². The summed E-state index contributed by atoms with van der Waals surface area (Å²) in [5.74, 6) is 0.726. The number of urea groups is 1. The molecular weight excluding hydrogens is 204 g/mol. The summed E-state index contributed by atoms with van der Waals surface area (Å²) in [4.78, 5) is 15.5. The highest BCUT2D eigenvalue weighted by Gasteiger charge is 2.25. The Hall–Kier alpha value is -0.770. The second-order valence-corrected chi connectivity index (χ2v) is 5.62. The molecule has 4 heteroatoms. The van der Waals surface area contributed by atoms with Crippen LogP contribution in [0.15, 0.2) is 0 Å². The van der Waals surface area contributed by atoms with Crippen molar-refractivity contribution in [3.05, 3.63) is 0 Å². The van der Waals surface area contributed by atoms with E-state index in [0.29, 0.717) is 6.54 Å². The Balaban J connectivity index is 2.45. The molecule has 1 N–H and O–H groups in total. The number of hydrogen-bond acceptors (Lipinski definition) is 2. The molecule has 0 aromatic heterocycles. The second-order valence-electron chi connectivity index (χ2n) is 5.62. The highest BCUT2D eigenvalue weighted by atomic mass is 16.3. The van der Waals surface area contributed by atoms with E-state index in [1.807, 2.05) is 4.90 Å². The number of carbonyl (C=O) groups excluding carboxylic acids is 1. The molecule has 0 bridgehead atoms. The SMILES string of the molecule is CC1CCN(C(=O)N(C)CC(C)(C)O)CC1. The first-order chi connectivity index (χ1) is 7.29. The Morgan fingerprint density at radius 3 is 2.38 bits per heavy atom. The van der Waals surface area contributed by atoms with E-state index in [1.165, 1.54) is 0 Å². The normalized spacial score (nSPS) is 18.7. The fourth-order valence-corrected chi connectivity index (χ4v) is 2.09. The summed E-state index contributed by atoms with van der Waals surface area (Å²) in [7, 11) is 1.75. The number of amides is 2. The number of hydrogen-bond donors (Lipinski definition) is 1. The maximum Gasteiger partial charge on any atom is 0.319 e. The van der Waals surface area contributed by atoms with Crippen LogP contribution in [0.5, 0.6) is 0 Å². The van der Waals surface area contributed by atoms with Crippen molar-refractivity contribution in [2.45, 2.75) is 39.2 Å². The quantitative estimate of drug-likeness (QED) is 0.779. The van der Waals surface area contributed by atoms with Crippen molar-refractivity contribution >= 4 is 6.03 Å². The molecule has 0 radical (unpaired) electrons. The Kier molecular flexibility index (Phi) is 4.19. The lowest BCUT2D eigenvalue weighted by atomic mass is 9.99. The van der Waals surface area contributed by atoms with Gasteiger partial charge in [-0.1, -0.05) is 6.92 Å². The average Bonchev–Trinajstić information content (AvgIpc) is 2.15. The molecule has 0 saturated carbocycles.